The number of hydrogen-bond acceptors (Lipinski definition) is 2. The Morgan fingerprint density at radius 2 is 1.89 bits per heavy atom. The van der Waals surface area contributed by atoms with Gasteiger partial charge in [0.15, 0.2) is 0 Å². The van der Waals surface area contributed by atoms with Gasteiger partial charge in [0.1, 0.15) is 5.75 Å². The Bertz CT molecular complexity index is 1130. The number of hydrogen-bond donors (Lipinski definition) is 1. The van der Waals surface area contributed by atoms with E-state index in [9.17, 15) is 0 Å². The Labute approximate surface area is 159 Å². The third-order valence-corrected chi connectivity index (χ3v) is 5.90. The van der Waals surface area contributed by atoms with Crippen molar-refractivity contribution in [2.24, 2.45) is 0 Å². The first kappa shape index (κ1) is 16.4. The summed E-state index contributed by atoms with van der Waals surface area (Å²) in [5, 5.41) is 2.60. The number of methoxy groups -OCH3 is 1. The van der Waals surface area contributed by atoms with Crippen molar-refractivity contribution in [1.29, 1.82) is 0 Å². The summed E-state index contributed by atoms with van der Waals surface area (Å²) in [6.07, 6.45) is 1.11. The summed E-state index contributed by atoms with van der Waals surface area (Å²) in [5.74, 6) is 0.894. The van der Waals surface area contributed by atoms with Gasteiger partial charge in [0.05, 0.1) is 12.6 Å². The Kier molecular flexibility index (Phi) is 3.91. The summed E-state index contributed by atoms with van der Waals surface area (Å²) in [6, 6.07) is 19.5. The van der Waals surface area contributed by atoms with Crippen LogP contribution in [0.25, 0.3) is 21.8 Å². The number of aryl methyl sites for hydroxylation is 1. The highest BCUT2D eigenvalue weighted by molar-refractivity contribution is 6.09. The van der Waals surface area contributed by atoms with Crippen LogP contribution in [0.1, 0.15) is 22.3 Å². The number of aromatic amines is 1. The van der Waals surface area contributed by atoms with Gasteiger partial charge >= 0.3 is 0 Å². The molecule has 0 bridgehead atoms. The van der Waals surface area contributed by atoms with Crippen molar-refractivity contribution in [1.82, 2.24) is 9.88 Å². The first-order chi connectivity index (χ1) is 13.2. The van der Waals surface area contributed by atoms with E-state index in [4.69, 9.17) is 4.74 Å². The van der Waals surface area contributed by atoms with Crippen molar-refractivity contribution >= 4 is 21.8 Å². The van der Waals surface area contributed by atoms with Crippen LogP contribution in [0.15, 0.2) is 54.6 Å². The molecule has 0 radical (unpaired) electrons. The molecule has 27 heavy (non-hydrogen) atoms. The van der Waals surface area contributed by atoms with Crippen molar-refractivity contribution < 1.29 is 4.74 Å². The van der Waals surface area contributed by atoms with E-state index in [0.717, 1.165) is 37.3 Å². The molecule has 1 aliphatic rings. The largest absolute Gasteiger partial charge is 0.497 e. The van der Waals surface area contributed by atoms with E-state index in [1.165, 1.54) is 38.5 Å². The molecule has 0 unspecified atom stereocenters. The van der Waals surface area contributed by atoms with Crippen LogP contribution in [-0.4, -0.2) is 23.5 Å². The molecule has 0 amide bonds. The van der Waals surface area contributed by atoms with Crippen LogP contribution in [0.2, 0.25) is 0 Å². The number of aromatic nitrogens is 1. The highest BCUT2D eigenvalue weighted by Gasteiger charge is 2.21. The Morgan fingerprint density at radius 1 is 1.04 bits per heavy atom. The van der Waals surface area contributed by atoms with Crippen LogP contribution in [-0.2, 0) is 19.5 Å². The summed E-state index contributed by atoms with van der Waals surface area (Å²) in [5.41, 5.74) is 8.20. The molecule has 0 fully saturated rings. The van der Waals surface area contributed by atoms with Gasteiger partial charge < -0.3 is 9.72 Å². The maximum absolute atomic E-state index is 5.39. The van der Waals surface area contributed by atoms with Crippen LogP contribution in [0.3, 0.4) is 0 Å². The third kappa shape index (κ3) is 2.79. The second-order valence-corrected chi connectivity index (χ2v) is 7.54. The number of fused-ring (bicyclic) bond motifs is 4. The van der Waals surface area contributed by atoms with Crippen LogP contribution in [0.5, 0.6) is 5.75 Å². The maximum atomic E-state index is 5.39. The molecule has 3 heteroatoms. The van der Waals surface area contributed by atoms with E-state index in [0.29, 0.717) is 0 Å². The molecule has 2 heterocycles. The van der Waals surface area contributed by atoms with Crippen LogP contribution < -0.4 is 4.74 Å². The van der Waals surface area contributed by atoms with E-state index in [1.54, 1.807) is 7.11 Å². The van der Waals surface area contributed by atoms with Gasteiger partial charge in [-0.1, -0.05) is 30.3 Å². The topological polar surface area (TPSA) is 28.3 Å². The first-order valence-corrected chi connectivity index (χ1v) is 9.60. The summed E-state index contributed by atoms with van der Waals surface area (Å²) < 4.78 is 5.39. The highest BCUT2D eigenvalue weighted by Crippen LogP contribution is 2.35. The summed E-state index contributed by atoms with van der Waals surface area (Å²) >= 11 is 0. The molecule has 0 saturated carbocycles. The quantitative estimate of drug-likeness (QED) is 0.547. The molecule has 1 N–H and O–H groups in total. The van der Waals surface area contributed by atoms with Crippen LogP contribution >= 0.6 is 0 Å². The van der Waals surface area contributed by atoms with Gasteiger partial charge in [0, 0.05) is 42.0 Å². The van der Waals surface area contributed by atoms with Gasteiger partial charge in [-0.15, -0.1) is 0 Å². The Balaban J connectivity index is 1.56. The molecule has 1 aromatic heterocycles. The molecule has 0 aliphatic carbocycles. The summed E-state index contributed by atoms with van der Waals surface area (Å²) in [4.78, 5) is 6.18. The molecule has 0 saturated heterocycles. The fraction of sp³-hybridized carbons (Fsp3) is 0.250. The number of rotatable bonds is 3. The molecule has 136 valence electrons. The van der Waals surface area contributed by atoms with Gasteiger partial charge in [-0.2, -0.15) is 0 Å². The standard InChI is InChI=1S/C24H24N2O/c1-16-20-10-11-26(14-17-6-4-3-5-7-17)15-18(20)12-22-21-9-8-19(27-2)13-23(21)25-24(16)22/h3-9,12-13,25H,10-11,14-15H2,1-2H3. The van der Waals surface area contributed by atoms with Gasteiger partial charge in [-0.25, -0.2) is 0 Å². The van der Waals surface area contributed by atoms with Gasteiger partial charge in [-0.3, -0.25) is 4.90 Å². The molecule has 3 nitrogen and oxygen atoms in total. The summed E-state index contributed by atoms with van der Waals surface area (Å²) in [7, 11) is 1.72. The zero-order valence-electron chi connectivity index (χ0n) is 15.9. The van der Waals surface area contributed by atoms with Crippen LogP contribution in [0.4, 0.5) is 0 Å². The van der Waals surface area contributed by atoms with E-state index in [2.05, 4.69) is 65.3 Å². The van der Waals surface area contributed by atoms with Gasteiger partial charge in [0.25, 0.3) is 0 Å². The molecule has 4 aromatic rings. The number of benzene rings is 3. The molecule has 0 atom stereocenters. The fourth-order valence-corrected chi connectivity index (χ4v) is 4.48. The van der Waals surface area contributed by atoms with Crippen LogP contribution in [0, 0.1) is 6.92 Å². The van der Waals surface area contributed by atoms with Gasteiger partial charge in [-0.05, 0) is 53.8 Å². The summed E-state index contributed by atoms with van der Waals surface area (Å²) in [6.45, 7) is 5.41. The van der Waals surface area contributed by atoms with Crippen molar-refractivity contribution in [2.45, 2.75) is 26.4 Å². The lowest BCUT2D eigenvalue weighted by molar-refractivity contribution is 0.245. The van der Waals surface area contributed by atoms with E-state index in [1.807, 2.05) is 6.07 Å². The van der Waals surface area contributed by atoms with E-state index >= 15 is 0 Å². The third-order valence-electron chi connectivity index (χ3n) is 5.90. The average molecular weight is 356 g/mol. The Morgan fingerprint density at radius 3 is 2.70 bits per heavy atom. The van der Waals surface area contributed by atoms with Gasteiger partial charge in [0.2, 0.25) is 0 Å². The normalized spacial score (nSPS) is 14.6. The molecule has 1 aliphatic heterocycles. The SMILES string of the molecule is COc1ccc2c(c1)[nH]c1c(C)c3c(cc12)CN(Cc1ccccc1)CC3. The lowest BCUT2D eigenvalue weighted by atomic mass is 9.92. The lowest BCUT2D eigenvalue weighted by Gasteiger charge is -2.30. The monoisotopic (exact) mass is 356 g/mol. The Hall–Kier alpha value is -2.78. The van der Waals surface area contributed by atoms with Crippen molar-refractivity contribution in [3.8, 4) is 5.75 Å². The molecule has 5 rings (SSSR count). The van der Waals surface area contributed by atoms with Crippen molar-refractivity contribution in [3.05, 3.63) is 76.9 Å². The lowest BCUT2D eigenvalue weighted by Crippen LogP contribution is -2.30. The predicted molar refractivity (Wildman–Crippen MR) is 111 cm³/mol. The van der Waals surface area contributed by atoms with Crippen molar-refractivity contribution in [3.63, 3.8) is 0 Å². The maximum Gasteiger partial charge on any atom is 0.120 e. The van der Waals surface area contributed by atoms with Crippen molar-refractivity contribution in [2.75, 3.05) is 13.7 Å². The minimum atomic E-state index is 0.894. The number of nitrogens with one attached hydrogen (secondary N) is 1. The van der Waals surface area contributed by atoms with E-state index < -0.39 is 0 Å². The first-order valence-electron chi connectivity index (χ1n) is 9.60. The minimum absolute atomic E-state index is 0.894. The van der Waals surface area contributed by atoms with E-state index in [-0.39, 0.29) is 0 Å². The second-order valence-electron chi connectivity index (χ2n) is 7.54. The zero-order valence-corrected chi connectivity index (χ0v) is 15.9. The highest BCUT2D eigenvalue weighted by atomic mass is 16.5. The molecular weight excluding hydrogens is 332 g/mol. The smallest absolute Gasteiger partial charge is 0.120 e. The second kappa shape index (κ2) is 6.43. The number of ether oxygens (including phenoxy) is 1. The molecular formula is C24H24N2O. The molecule has 0 spiro atoms. The zero-order chi connectivity index (χ0) is 18.4. The molecule has 3 aromatic carbocycles. The number of H-pyrrole nitrogens is 1. The minimum Gasteiger partial charge on any atom is -0.497 e. The average Bonchev–Trinajstić information content (AvgIpc) is 3.07. The number of nitrogens with zero attached hydrogens (tertiary/aromatic N) is 1. The fourth-order valence-electron chi connectivity index (χ4n) is 4.48. The predicted octanol–water partition coefficient (Wildman–Crippen LogP) is 5.20.